The second-order valence-corrected chi connectivity index (χ2v) is 7.46. The van der Waals surface area contributed by atoms with Crippen LogP contribution < -0.4 is 0 Å². The first kappa shape index (κ1) is 26.7. The molecule has 0 fully saturated rings. The van der Waals surface area contributed by atoms with E-state index < -0.39 is 5.97 Å². The zero-order chi connectivity index (χ0) is 19.9. The molecular formula is C22H38BrNO4. The minimum Gasteiger partial charge on any atom is -0.478 e. The van der Waals surface area contributed by atoms with Crippen molar-refractivity contribution in [2.75, 3.05) is 13.3 Å². The van der Waals surface area contributed by atoms with Gasteiger partial charge in [-0.2, -0.15) is 0 Å². The van der Waals surface area contributed by atoms with E-state index in [2.05, 4.69) is 6.92 Å². The Labute approximate surface area is 181 Å². The van der Waals surface area contributed by atoms with Gasteiger partial charge in [0.25, 0.3) is 0 Å². The van der Waals surface area contributed by atoms with Crippen LogP contribution in [0.5, 0.6) is 0 Å². The van der Waals surface area contributed by atoms with E-state index in [1.807, 2.05) is 0 Å². The first-order valence-electron chi connectivity index (χ1n) is 10.6. The highest BCUT2D eigenvalue weighted by Gasteiger charge is 2.17. The number of nitrogens with zero attached hydrogens (tertiary/aromatic N) is 1. The fraction of sp³-hybridized carbons (Fsp3) is 0.727. The van der Waals surface area contributed by atoms with Crippen molar-refractivity contribution in [1.82, 2.24) is 4.90 Å². The number of rotatable bonds is 15. The van der Waals surface area contributed by atoms with Gasteiger partial charge in [-0.15, -0.1) is 17.0 Å². The summed E-state index contributed by atoms with van der Waals surface area (Å²) in [6.07, 6.45) is 17.7. The summed E-state index contributed by atoms with van der Waals surface area (Å²) in [4.78, 5) is 24.7. The molecule has 0 spiro atoms. The van der Waals surface area contributed by atoms with Gasteiger partial charge in [0.2, 0.25) is 0 Å². The zero-order valence-corrected chi connectivity index (χ0v) is 19.3. The van der Waals surface area contributed by atoms with Gasteiger partial charge in [0.15, 0.2) is 6.73 Å². The van der Waals surface area contributed by atoms with Crippen molar-refractivity contribution in [3.63, 3.8) is 0 Å². The van der Waals surface area contributed by atoms with Crippen molar-refractivity contribution < 1.29 is 19.4 Å². The normalized spacial score (nSPS) is 13.4. The van der Waals surface area contributed by atoms with E-state index in [-0.39, 0.29) is 36.2 Å². The Morgan fingerprint density at radius 1 is 1.00 bits per heavy atom. The van der Waals surface area contributed by atoms with E-state index >= 15 is 0 Å². The molecule has 0 aromatic carbocycles. The molecule has 1 aliphatic rings. The standard InChI is InChI=1S/C22H37NO4.BrH/c1-3-4-5-6-7-8-9-10-11-12-13-14-21(24)27-18-23-16-15-19(2)20(17-23)22(25)26;/h15-16H,3-14,17-18H2,1-2H3,(H,25,26);1H. The number of carbonyl (C=O) groups excluding carboxylic acids is 1. The van der Waals surface area contributed by atoms with Crippen LogP contribution in [-0.4, -0.2) is 35.2 Å². The first-order chi connectivity index (χ1) is 13.0. The highest BCUT2D eigenvalue weighted by molar-refractivity contribution is 8.93. The van der Waals surface area contributed by atoms with E-state index in [4.69, 9.17) is 9.84 Å². The van der Waals surface area contributed by atoms with Gasteiger partial charge in [-0.05, 0) is 25.0 Å². The second kappa shape index (κ2) is 16.6. The summed E-state index contributed by atoms with van der Waals surface area (Å²) in [7, 11) is 0. The Balaban J connectivity index is 0.00000729. The number of hydrogen-bond acceptors (Lipinski definition) is 4. The van der Waals surface area contributed by atoms with E-state index in [0.29, 0.717) is 12.0 Å². The largest absolute Gasteiger partial charge is 0.478 e. The molecule has 0 aliphatic carbocycles. The minimum atomic E-state index is -0.922. The molecule has 1 heterocycles. The van der Waals surface area contributed by atoms with Crippen LogP contribution in [0, 0.1) is 0 Å². The van der Waals surface area contributed by atoms with Crippen molar-refractivity contribution in [1.29, 1.82) is 0 Å². The van der Waals surface area contributed by atoms with E-state index in [1.165, 1.54) is 57.8 Å². The SMILES string of the molecule is Br.CCCCCCCCCCCCCC(=O)OCN1C=CC(C)=C(C(=O)O)C1. The topological polar surface area (TPSA) is 66.8 Å². The summed E-state index contributed by atoms with van der Waals surface area (Å²) in [5, 5.41) is 9.15. The molecule has 0 saturated carbocycles. The lowest BCUT2D eigenvalue weighted by Crippen LogP contribution is -2.29. The number of carbonyl (C=O) groups is 2. The number of aliphatic carboxylic acids is 1. The molecule has 0 aromatic heterocycles. The van der Waals surface area contributed by atoms with Crippen LogP contribution in [0.15, 0.2) is 23.4 Å². The second-order valence-electron chi connectivity index (χ2n) is 7.46. The predicted molar refractivity (Wildman–Crippen MR) is 119 cm³/mol. The van der Waals surface area contributed by atoms with Crippen LogP contribution in [0.4, 0.5) is 0 Å². The Bertz CT molecular complexity index is 517. The molecule has 0 amide bonds. The summed E-state index contributed by atoms with van der Waals surface area (Å²) in [5.74, 6) is -1.13. The molecule has 1 aliphatic heterocycles. The van der Waals surface area contributed by atoms with Gasteiger partial charge >= 0.3 is 11.9 Å². The molecule has 0 radical (unpaired) electrons. The maximum Gasteiger partial charge on any atom is 0.333 e. The van der Waals surface area contributed by atoms with Crippen molar-refractivity contribution in [3.05, 3.63) is 23.4 Å². The summed E-state index contributed by atoms with van der Waals surface area (Å²) in [5.41, 5.74) is 1.09. The average Bonchev–Trinajstić information content (AvgIpc) is 2.65. The maximum atomic E-state index is 11.8. The van der Waals surface area contributed by atoms with Gasteiger partial charge in [0, 0.05) is 12.6 Å². The molecule has 1 N–H and O–H groups in total. The quantitative estimate of drug-likeness (QED) is 0.240. The molecule has 6 heteroatoms. The molecule has 0 bridgehead atoms. The lowest BCUT2D eigenvalue weighted by Gasteiger charge is -2.24. The van der Waals surface area contributed by atoms with Crippen molar-refractivity contribution in [3.8, 4) is 0 Å². The molecule has 28 heavy (non-hydrogen) atoms. The molecule has 0 saturated heterocycles. The van der Waals surface area contributed by atoms with Crippen LogP contribution in [0.1, 0.15) is 90.9 Å². The Morgan fingerprint density at radius 3 is 2.07 bits per heavy atom. The average molecular weight is 460 g/mol. The molecular weight excluding hydrogens is 422 g/mol. The Morgan fingerprint density at radius 2 is 1.54 bits per heavy atom. The van der Waals surface area contributed by atoms with Crippen molar-refractivity contribution in [2.24, 2.45) is 0 Å². The minimum absolute atomic E-state index is 0. The number of hydrogen-bond donors (Lipinski definition) is 1. The van der Waals surface area contributed by atoms with Crippen LogP contribution >= 0.6 is 17.0 Å². The summed E-state index contributed by atoms with van der Waals surface area (Å²) in [6.45, 7) is 4.39. The monoisotopic (exact) mass is 459 g/mol. The number of unbranched alkanes of at least 4 members (excludes halogenated alkanes) is 10. The fourth-order valence-electron chi connectivity index (χ4n) is 3.18. The predicted octanol–water partition coefficient (Wildman–Crippen LogP) is 6.00. The molecule has 0 unspecified atom stereocenters. The zero-order valence-electron chi connectivity index (χ0n) is 17.6. The van der Waals surface area contributed by atoms with Gasteiger partial charge in [-0.25, -0.2) is 4.79 Å². The van der Waals surface area contributed by atoms with Gasteiger partial charge in [-0.1, -0.05) is 71.1 Å². The van der Waals surface area contributed by atoms with E-state index in [0.717, 1.165) is 18.4 Å². The highest BCUT2D eigenvalue weighted by atomic mass is 79.9. The van der Waals surface area contributed by atoms with Crippen LogP contribution in [0.25, 0.3) is 0 Å². The van der Waals surface area contributed by atoms with Crippen LogP contribution in [0.2, 0.25) is 0 Å². The number of carboxylic acid groups (broad SMARTS) is 1. The third-order valence-electron chi connectivity index (χ3n) is 5.01. The van der Waals surface area contributed by atoms with Gasteiger partial charge in [0.1, 0.15) is 0 Å². The molecule has 0 atom stereocenters. The smallest absolute Gasteiger partial charge is 0.333 e. The van der Waals surface area contributed by atoms with Gasteiger partial charge in [-0.3, -0.25) is 4.79 Å². The van der Waals surface area contributed by atoms with E-state index in [9.17, 15) is 9.59 Å². The van der Waals surface area contributed by atoms with Gasteiger partial charge in [0.05, 0.1) is 12.1 Å². The van der Waals surface area contributed by atoms with Crippen molar-refractivity contribution in [2.45, 2.75) is 90.9 Å². The third kappa shape index (κ3) is 12.2. The molecule has 1 rings (SSSR count). The van der Waals surface area contributed by atoms with Crippen molar-refractivity contribution >= 4 is 28.9 Å². The highest BCUT2D eigenvalue weighted by Crippen LogP contribution is 2.15. The number of carboxylic acids is 1. The van der Waals surface area contributed by atoms with Gasteiger partial charge < -0.3 is 14.7 Å². The Hall–Kier alpha value is -1.30. The summed E-state index contributed by atoms with van der Waals surface area (Å²) in [6, 6.07) is 0. The fourth-order valence-corrected chi connectivity index (χ4v) is 3.18. The van der Waals surface area contributed by atoms with Crippen LogP contribution in [0.3, 0.4) is 0 Å². The lowest BCUT2D eigenvalue weighted by molar-refractivity contribution is -0.147. The molecule has 162 valence electrons. The summed E-state index contributed by atoms with van der Waals surface area (Å²) >= 11 is 0. The van der Waals surface area contributed by atoms with E-state index in [1.54, 1.807) is 24.1 Å². The number of esters is 1. The summed E-state index contributed by atoms with van der Waals surface area (Å²) < 4.78 is 5.26. The third-order valence-corrected chi connectivity index (χ3v) is 5.01. The lowest BCUT2D eigenvalue weighted by atomic mass is 10.1. The maximum absolute atomic E-state index is 11.8. The molecule has 0 aromatic rings. The number of allylic oxidation sites excluding steroid dienone is 2. The Kier molecular flexibility index (Phi) is 15.9. The number of ether oxygens (including phenoxy) is 1. The first-order valence-corrected chi connectivity index (χ1v) is 10.6. The van der Waals surface area contributed by atoms with Crippen LogP contribution in [-0.2, 0) is 14.3 Å². The molecule has 5 nitrogen and oxygen atoms in total. The number of halogens is 1.